The van der Waals surface area contributed by atoms with Crippen LogP contribution in [-0.2, 0) is 9.47 Å². The van der Waals surface area contributed by atoms with Gasteiger partial charge >= 0.3 is 0 Å². The Bertz CT molecular complexity index is 156. The van der Waals surface area contributed by atoms with E-state index in [-0.39, 0.29) is 0 Å². The van der Waals surface area contributed by atoms with Crippen LogP contribution in [0.4, 0.5) is 0 Å². The van der Waals surface area contributed by atoms with Gasteiger partial charge in [0.2, 0.25) is 0 Å². The highest BCUT2D eigenvalue weighted by atomic mass is 16.5. The summed E-state index contributed by atoms with van der Waals surface area (Å²) in [6.07, 6.45) is 2.57. The first kappa shape index (κ1) is 12.9. The summed E-state index contributed by atoms with van der Waals surface area (Å²) in [4.78, 5) is 2.45. The van der Waals surface area contributed by atoms with Crippen molar-refractivity contribution < 1.29 is 9.47 Å². The topological polar surface area (TPSA) is 47.7 Å². The number of nitrogens with two attached hydrogens (primary N) is 1. The van der Waals surface area contributed by atoms with Crippen molar-refractivity contribution in [1.82, 2.24) is 4.90 Å². The van der Waals surface area contributed by atoms with Gasteiger partial charge in [0.05, 0.1) is 19.8 Å². The fourth-order valence-electron chi connectivity index (χ4n) is 1.98. The van der Waals surface area contributed by atoms with Gasteiger partial charge in [-0.15, -0.1) is 0 Å². The van der Waals surface area contributed by atoms with Gasteiger partial charge in [-0.2, -0.15) is 0 Å². The third-order valence-corrected chi connectivity index (χ3v) is 2.92. The Labute approximate surface area is 92.7 Å². The van der Waals surface area contributed by atoms with Gasteiger partial charge in [0.15, 0.2) is 0 Å². The average molecular weight is 216 g/mol. The van der Waals surface area contributed by atoms with Crippen molar-refractivity contribution in [2.45, 2.75) is 12.8 Å². The van der Waals surface area contributed by atoms with Crippen molar-refractivity contribution in [3.05, 3.63) is 0 Å². The maximum Gasteiger partial charge on any atom is 0.0700 e. The van der Waals surface area contributed by atoms with Crippen molar-refractivity contribution in [3.8, 4) is 0 Å². The molecule has 1 saturated heterocycles. The van der Waals surface area contributed by atoms with Crippen LogP contribution in [-0.4, -0.2) is 58.0 Å². The molecule has 1 aliphatic heterocycles. The average Bonchev–Trinajstić information content (AvgIpc) is 2.29. The molecule has 0 radical (unpaired) electrons. The van der Waals surface area contributed by atoms with Crippen LogP contribution in [0.15, 0.2) is 0 Å². The first-order valence-electron chi connectivity index (χ1n) is 5.86. The van der Waals surface area contributed by atoms with E-state index in [0.29, 0.717) is 19.1 Å². The van der Waals surface area contributed by atoms with E-state index in [9.17, 15) is 0 Å². The number of likely N-dealkylation sites (tertiary alicyclic amines) is 1. The minimum absolute atomic E-state index is 0.686. The van der Waals surface area contributed by atoms with Crippen LogP contribution in [0.25, 0.3) is 0 Å². The predicted molar refractivity (Wildman–Crippen MR) is 60.9 cm³/mol. The van der Waals surface area contributed by atoms with Crippen LogP contribution in [0.5, 0.6) is 0 Å². The molecule has 0 aliphatic carbocycles. The van der Waals surface area contributed by atoms with Crippen molar-refractivity contribution in [3.63, 3.8) is 0 Å². The number of methoxy groups -OCH3 is 1. The molecule has 1 rings (SSSR count). The zero-order valence-corrected chi connectivity index (χ0v) is 9.78. The highest BCUT2D eigenvalue weighted by Crippen LogP contribution is 2.14. The molecule has 0 bridgehead atoms. The van der Waals surface area contributed by atoms with Gasteiger partial charge in [-0.1, -0.05) is 0 Å². The molecule has 1 atom stereocenters. The highest BCUT2D eigenvalue weighted by Gasteiger charge is 2.17. The predicted octanol–water partition coefficient (Wildman–Crippen LogP) is 0.320. The largest absolute Gasteiger partial charge is 0.382 e. The number of ether oxygens (including phenoxy) is 2. The zero-order chi connectivity index (χ0) is 10.9. The van der Waals surface area contributed by atoms with E-state index in [0.717, 1.165) is 26.2 Å². The van der Waals surface area contributed by atoms with Gasteiger partial charge in [-0.25, -0.2) is 0 Å². The van der Waals surface area contributed by atoms with Crippen LogP contribution in [0, 0.1) is 5.92 Å². The molecular weight excluding hydrogens is 192 g/mol. The monoisotopic (exact) mass is 216 g/mol. The van der Waals surface area contributed by atoms with Gasteiger partial charge in [0.1, 0.15) is 0 Å². The van der Waals surface area contributed by atoms with E-state index in [1.165, 1.54) is 19.4 Å². The fraction of sp³-hybridized carbons (Fsp3) is 1.00. The minimum atomic E-state index is 0.686. The molecule has 15 heavy (non-hydrogen) atoms. The number of piperidine rings is 1. The first-order valence-corrected chi connectivity index (χ1v) is 5.86. The lowest BCUT2D eigenvalue weighted by molar-refractivity contribution is 0.0498. The molecule has 0 aromatic rings. The summed E-state index contributed by atoms with van der Waals surface area (Å²) in [6.45, 7) is 6.38. The summed E-state index contributed by atoms with van der Waals surface area (Å²) >= 11 is 0. The number of hydrogen-bond donors (Lipinski definition) is 1. The van der Waals surface area contributed by atoms with Crippen molar-refractivity contribution in [1.29, 1.82) is 0 Å². The molecule has 0 saturated carbocycles. The summed E-state index contributed by atoms with van der Waals surface area (Å²) in [5.41, 5.74) is 5.69. The van der Waals surface area contributed by atoms with Gasteiger partial charge in [-0.3, -0.25) is 0 Å². The van der Waals surface area contributed by atoms with Crippen molar-refractivity contribution >= 4 is 0 Å². The van der Waals surface area contributed by atoms with Crippen molar-refractivity contribution in [2.75, 3.05) is 53.1 Å². The highest BCUT2D eigenvalue weighted by molar-refractivity contribution is 4.73. The molecule has 1 heterocycles. The third-order valence-electron chi connectivity index (χ3n) is 2.92. The van der Waals surface area contributed by atoms with Crippen molar-refractivity contribution in [2.24, 2.45) is 11.7 Å². The fourth-order valence-corrected chi connectivity index (χ4v) is 1.98. The Morgan fingerprint density at radius 2 is 2.20 bits per heavy atom. The van der Waals surface area contributed by atoms with E-state index >= 15 is 0 Å². The summed E-state index contributed by atoms with van der Waals surface area (Å²) in [5, 5.41) is 0. The van der Waals surface area contributed by atoms with E-state index in [4.69, 9.17) is 15.2 Å². The quantitative estimate of drug-likeness (QED) is 0.623. The lowest BCUT2D eigenvalue weighted by Gasteiger charge is -2.31. The maximum absolute atomic E-state index is 5.69. The third kappa shape index (κ3) is 5.47. The Balaban J connectivity index is 2.00. The summed E-state index contributed by atoms with van der Waals surface area (Å²) < 4.78 is 10.4. The molecule has 0 spiro atoms. The van der Waals surface area contributed by atoms with Crippen LogP contribution >= 0.6 is 0 Å². The molecule has 0 aromatic heterocycles. The Morgan fingerprint density at radius 1 is 1.33 bits per heavy atom. The zero-order valence-electron chi connectivity index (χ0n) is 9.78. The lowest BCUT2D eigenvalue weighted by Crippen LogP contribution is -2.40. The Hall–Kier alpha value is -0.160. The standard InChI is InChI=1S/C11H24N2O2/c1-14-7-8-15-6-5-13-4-2-3-11(9-12)10-13/h11H,2-10,12H2,1H3. The SMILES string of the molecule is COCCOCCN1CCCC(CN)C1. The second-order valence-corrected chi connectivity index (χ2v) is 4.15. The van der Waals surface area contributed by atoms with Crippen LogP contribution < -0.4 is 5.73 Å². The first-order chi connectivity index (χ1) is 7.36. The van der Waals surface area contributed by atoms with E-state index < -0.39 is 0 Å². The molecule has 0 aromatic carbocycles. The number of rotatable bonds is 7. The molecule has 90 valence electrons. The van der Waals surface area contributed by atoms with E-state index in [1.54, 1.807) is 7.11 Å². The molecule has 4 heteroatoms. The maximum atomic E-state index is 5.69. The van der Waals surface area contributed by atoms with Crippen LogP contribution in [0.1, 0.15) is 12.8 Å². The summed E-state index contributed by atoms with van der Waals surface area (Å²) in [7, 11) is 1.69. The lowest BCUT2D eigenvalue weighted by atomic mass is 9.98. The Morgan fingerprint density at radius 3 is 2.93 bits per heavy atom. The van der Waals surface area contributed by atoms with Crippen LogP contribution in [0.3, 0.4) is 0 Å². The van der Waals surface area contributed by atoms with Crippen LogP contribution in [0.2, 0.25) is 0 Å². The van der Waals surface area contributed by atoms with Gasteiger partial charge in [0.25, 0.3) is 0 Å². The van der Waals surface area contributed by atoms with E-state index in [2.05, 4.69) is 4.90 Å². The molecule has 1 aliphatic rings. The molecule has 2 N–H and O–H groups in total. The summed E-state index contributed by atoms with van der Waals surface area (Å²) in [6, 6.07) is 0. The number of nitrogens with zero attached hydrogens (tertiary/aromatic N) is 1. The second kappa shape index (κ2) is 8.05. The normalized spacial score (nSPS) is 23.2. The summed E-state index contributed by atoms with van der Waals surface area (Å²) in [5.74, 6) is 0.692. The molecule has 1 fully saturated rings. The number of hydrogen-bond acceptors (Lipinski definition) is 4. The molecule has 0 amide bonds. The second-order valence-electron chi connectivity index (χ2n) is 4.15. The molecule has 4 nitrogen and oxygen atoms in total. The smallest absolute Gasteiger partial charge is 0.0700 e. The minimum Gasteiger partial charge on any atom is -0.382 e. The van der Waals surface area contributed by atoms with Gasteiger partial charge in [0, 0.05) is 20.2 Å². The Kier molecular flexibility index (Phi) is 6.92. The molecular formula is C11H24N2O2. The van der Waals surface area contributed by atoms with Gasteiger partial charge < -0.3 is 20.1 Å². The molecule has 1 unspecified atom stereocenters. The van der Waals surface area contributed by atoms with Gasteiger partial charge in [-0.05, 0) is 31.8 Å². The van der Waals surface area contributed by atoms with E-state index in [1.807, 2.05) is 0 Å².